The highest BCUT2D eigenvalue weighted by Crippen LogP contribution is 2.32. The number of aliphatic hydroxyl groups is 1. The molecule has 1 fully saturated rings. The number of hydrogen-bond donors (Lipinski definition) is 1. The predicted molar refractivity (Wildman–Crippen MR) is 96.2 cm³/mol. The third-order valence-corrected chi connectivity index (χ3v) is 4.72. The second-order valence-electron chi connectivity index (χ2n) is 8.20. The van der Waals surface area contributed by atoms with Crippen LogP contribution in [0.3, 0.4) is 0 Å². The Kier molecular flexibility index (Phi) is 6.10. The first-order valence-electron chi connectivity index (χ1n) is 8.90. The summed E-state index contributed by atoms with van der Waals surface area (Å²) in [6.07, 6.45) is 2.04. The lowest BCUT2D eigenvalue weighted by atomic mass is 9.85. The molecule has 1 heterocycles. The molecule has 2 rings (SSSR count). The molecule has 1 aliphatic heterocycles. The average Bonchev–Trinajstić information content (AvgIpc) is 2.47. The lowest BCUT2D eigenvalue weighted by Gasteiger charge is -2.31. The molecule has 1 aromatic rings. The Morgan fingerprint density at radius 2 is 1.91 bits per heavy atom. The largest absolute Gasteiger partial charge is 0.491 e. The van der Waals surface area contributed by atoms with Crippen molar-refractivity contribution in [2.24, 2.45) is 5.92 Å². The summed E-state index contributed by atoms with van der Waals surface area (Å²) in [7, 11) is 0. The van der Waals surface area contributed by atoms with Crippen molar-refractivity contribution in [1.29, 1.82) is 0 Å². The lowest BCUT2D eigenvalue weighted by molar-refractivity contribution is 0.0557. The molecule has 0 unspecified atom stereocenters. The maximum Gasteiger partial charge on any atom is 0.123 e. The van der Waals surface area contributed by atoms with Gasteiger partial charge in [0.15, 0.2) is 0 Å². The summed E-state index contributed by atoms with van der Waals surface area (Å²) in [5.74, 6) is 1.72. The first-order chi connectivity index (χ1) is 10.8. The first kappa shape index (κ1) is 18.3. The lowest BCUT2D eigenvalue weighted by Crippen LogP contribution is -2.40. The Morgan fingerprint density at radius 3 is 2.52 bits per heavy atom. The van der Waals surface area contributed by atoms with Crippen LogP contribution in [0.1, 0.15) is 51.7 Å². The zero-order valence-corrected chi connectivity index (χ0v) is 15.4. The molecule has 1 N–H and O–H groups in total. The maximum absolute atomic E-state index is 10.3. The molecule has 3 nitrogen and oxygen atoms in total. The van der Waals surface area contributed by atoms with E-state index in [1.165, 1.54) is 24.0 Å². The summed E-state index contributed by atoms with van der Waals surface area (Å²) in [6, 6.07) is 6.29. The van der Waals surface area contributed by atoms with Crippen LogP contribution in [0.25, 0.3) is 0 Å². The molecule has 0 saturated carbocycles. The van der Waals surface area contributed by atoms with Crippen molar-refractivity contribution in [3.63, 3.8) is 0 Å². The van der Waals surface area contributed by atoms with Crippen LogP contribution in [0.2, 0.25) is 0 Å². The van der Waals surface area contributed by atoms with Crippen molar-refractivity contribution >= 4 is 0 Å². The summed E-state index contributed by atoms with van der Waals surface area (Å²) in [6.45, 7) is 14.3. The van der Waals surface area contributed by atoms with Gasteiger partial charge in [0.25, 0.3) is 0 Å². The van der Waals surface area contributed by atoms with E-state index in [9.17, 15) is 5.11 Å². The Balaban J connectivity index is 1.90. The van der Waals surface area contributed by atoms with Crippen LogP contribution in [0, 0.1) is 12.8 Å². The van der Waals surface area contributed by atoms with Gasteiger partial charge in [-0.1, -0.05) is 45.4 Å². The number of aryl methyl sites for hydroxylation is 1. The van der Waals surface area contributed by atoms with Gasteiger partial charge in [-0.3, -0.25) is 0 Å². The van der Waals surface area contributed by atoms with Gasteiger partial charge in [0.1, 0.15) is 18.5 Å². The van der Waals surface area contributed by atoms with E-state index in [0.717, 1.165) is 24.8 Å². The summed E-state index contributed by atoms with van der Waals surface area (Å²) in [5.41, 5.74) is 2.48. The van der Waals surface area contributed by atoms with Crippen molar-refractivity contribution in [2.45, 2.75) is 59.0 Å². The van der Waals surface area contributed by atoms with Gasteiger partial charge in [-0.25, -0.2) is 0 Å². The standard InChI is InChI=1S/C20H33NO2/c1-15-8-10-21(11-9-15)13-17(22)14-23-19-7-6-16(2)12-18(19)20(3,4)5/h6-7,12,15,17,22H,8-11,13-14H2,1-5H3/t17-/m0/s1. The minimum absolute atomic E-state index is 0.0370. The van der Waals surface area contributed by atoms with Crippen molar-refractivity contribution in [1.82, 2.24) is 4.90 Å². The third-order valence-electron chi connectivity index (χ3n) is 4.72. The molecule has 1 atom stereocenters. The SMILES string of the molecule is Cc1ccc(OC[C@@H](O)CN2CCC(C)CC2)c(C(C)(C)C)c1. The maximum atomic E-state index is 10.3. The highest BCUT2D eigenvalue weighted by Gasteiger charge is 2.21. The monoisotopic (exact) mass is 319 g/mol. The van der Waals surface area contributed by atoms with Gasteiger partial charge in [-0.05, 0) is 55.8 Å². The number of nitrogens with zero attached hydrogens (tertiary/aromatic N) is 1. The van der Waals surface area contributed by atoms with E-state index in [-0.39, 0.29) is 5.41 Å². The van der Waals surface area contributed by atoms with Gasteiger partial charge in [0, 0.05) is 6.54 Å². The number of β-amino-alcohol motifs (C(OH)–C–C–N with tert-alkyl or cyclic N) is 1. The molecule has 23 heavy (non-hydrogen) atoms. The number of aliphatic hydroxyl groups excluding tert-OH is 1. The third kappa shape index (κ3) is 5.50. The van der Waals surface area contributed by atoms with Crippen LogP contribution in [0.5, 0.6) is 5.75 Å². The van der Waals surface area contributed by atoms with Crippen LogP contribution in [0.15, 0.2) is 18.2 Å². The Bertz CT molecular complexity index is 499. The molecule has 0 spiro atoms. The summed E-state index contributed by atoms with van der Waals surface area (Å²) in [5, 5.41) is 10.3. The molecule has 1 saturated heterocycles. The fourth-order valence-corrected chi connectivity index (χ4v) is 3.14. The number of hydrogen-bond acceptors (Lipinski definition) is 3. The van der Waals surface area contributed by atoms with E-state index >= 15 is 0 Å². The van der Waals surface area contributed by atoms with Crippen LogP contribution < -0.4 is 4.74 Å². The number of ether oxygens (including phenoxy) is 1. The predicted octanol–water partition coefficient (Wildman–Crippen LogP) is 3.76. The van der Waals surface area contributed by atoms with Gasteiger partial charge >= 0.3 is 0 Å². The smallest absolute Gasteiger partial charge is 0.123 e. The molecule has 0 aromatic heterocycles. The topological polar surface area (TPSA) is 32.7 Å². The quantitative estimate of drug-likeness (QED) is 0.897. The van der Waals surface area contributed by atoms with Gasteiger partial charge < -0.3 is 14.7 Å². The van der Waals surface area contributed by atoms with Crippen LogP contribution >= 0.6 is 0 Å². The molecule has 1 aromatic carbocycles. The Labute approximate surface area is 141 Å². The number of benzene rings is 1. The fraction of sp³-hybridized carbons (Fsp3) is 0.700. The number of likely N-dealkylation sites (tertiary alicyclic amines) is 1. The molecular formula is C20H33NO2. The van der Waals surface area contributed by atoms with Crippen LogP contribution in [-0.4, -0.2) is 42.4 Å². The highest BCUT2D eigenvalue weighted by molar-refractivity contribution is 5.41. The van der Waals surface area contributed by atoms with E-state index in [1.54, 1.807) is 0 Å². The number of piperidine rings is 1. The van der Waals surface area contributed by atoms with Gasteiger partial charge in [0.2, 0.25) is 0 Å². The molecular weight excluding hydrogens is 286 g/mol. The minimum Gasteiger partial charge on any atom is -0.491 e. The van der Waals surface area contributed by atoms with Gasteiger partial charge in [-0.2, -0.15) is 0 Å². The van der Waals surface area contributed by atoms with E-state index in [4.69, 9.17) is 4.74 Å². The molecule has 0 radical (unpaired) electrons. The second-order valence-corrected chi connectivity index (χ2v) is 8.20. The zero-order valence-electron chi connectivity index (χ0n) is 15.4. The molecule has 130 valence electrons. The van der Waals surface area contributed by atoms with Crippen molar-refractivity contribution in [3.05, 3.63) is 29.3 Å². The molecule has 1 aliphatic rings. The zero-order chi connectivity index (χ0) is 17.0. The van der Waals surface area contributed by atoms with E-state index < -0.39 is 6.10 Å². The second kappa shape index (κ2) is 7.67. The van der Waals surface area contributed by atoms with Crippen molar-refractivity contribution < 1.29 is 9.84 Å². The summed E-state index contributed by atoms with van der Waals surface area (Å²) < 4.78 is 5.97. The molecule has 3 heteroatoms. The summed E-state index contributed by atoms with van der Waals surface area (Å²) in [4.78, 5) is 2.35. The molecule has 0 aliphatic carbocycles. The van der Waals surface area contributed by atoms with Crippen LogP contribution in [-0.2, 0) is 5.41 Å². The Hall–Kier alpha value is -1.06. The van der Waals surface area contributed by atoms with E-state index in [0.29, 0.717) is 13.2 Å². The minimum atomic E-state index is -0.433. The highest BCUT2D eigenvalue weighted by atomic mass is 16.5. The Morgan fingerprint density at radius 1 is 1.26 bits per heavy atom. The number of rotatable bonds is 5. The van der Waals surface area contributed by atoms with Crippen molar-refractivity contribution in [3.8, 4) is 5.75 Å². The first-order valence-corrected chi connectivity index (χ1v) is 8.90. The fourth-order valence-electron chi connectivity index (χ4n) is 3.14. The summed E-state index contributed by atoms with van der Waals surface area (Å²) >= 11 is 0. The van der Waals surface area contributed by atoms with Gasteiger partial charge in [0.05, 0.1) is 0 Å². The normalized spacial score (nSPS) is 18.9. The molecule has 0 amide bonds. The van der Waals surface area contributed by atoms with Crippen LogP contribution in [0.4, 0.5) is 0 Å². The average molecular weight is 319 g/mol. The van der Waals surface area contributed by atoms with E-state index in [2.05, 4.69) is 51.7 Å². The van der Waals surface area contributed by atoms with Gasteiger partial charge in [-0.15, -0.1) is 0 Å². The van der Waals surface area contributed by atoms with E-state index in [1.807, 2.05) is 6.07 Å². The van der Waals surface area contributed by atoms with Crippen molar-refractivity contribution in [2.75, 3.05) is 26.2 Å². The molecule has 0 bridgehead atoms.